The molecule has 1 heterocycles. The highest BCUT2D eigenvalue weighted by molar-refractivity contribution is 5.99. The number of rotatable bonds is 4. The summed E-state index contributed by atoms with van der Waals surface area (Å²) in [6.07, 6.45) is 1.03. The van der Waals surface area contributed by atoms with E-state index in [1.807, 2.05) is 42.5 Å². The molecule has 3 rings (SSSR count). The van der Waals surface area contributed by atoms with Crippen LogP contribution >= 0.6 is 12.4 Å². The molecule has 0 radical (unpaired) electrons. The minimum Gasteiger partial charge on any atom is -0.341 e. The van der Waals surface area contributed by atoms with Crippen LogP contribution in [0.4, 0.5) is 5.69 Å². The molecule has 0 fully saturated rings. The van der Waals surface area contributed by atoms with Crippen molar-refractivity contribution in [1.29, 1.82) is 0 Å². The van der Waals surface area contributed by atoms with Gasteiger partial charge in [-0.3, -0.25) is 9.59 Å². The van der Waals surface area contributed by atoms with Gasteiger partial charge in [0, 0.05) is 37.3 Å². The van der Waals surface area contributed by atoms with E-state index in [4.69, 9.17) is 5.73 Å². The summed E-state index contributed by atoms with van der Waals surface area (Å²) in [6, 6.07) is 14.7. The van der Waals surface area contributed by atoms with E-state index in [-0.39, 0.29) is 36.7 Å². The van der Waals surface area contributed by atoms with Crippen molar-refractivity contribution in [3.05, 3.63) is 65.2 Å². The topological polar surface area (TPSA) is 75.4 Å². The third kappa shape index (κ3) is 4.38. The Morgan fingerprint density at radius 1 is 1.24 bits per heavy atom. The van der Waals surface area contributed by atoms with Crippen LogP contribution in [0.5, 0.6) is 0 Å². The van der Waals surface area contributed by atoms with Gasteiger partial charge in [-0.05, 0) is 29.7 Å². The van der Waals surface area contributed by atoms with Crippen molar-refractivity contribution < 1.29 is 9.59 Å². The number of amides is 2. The van der Waals surface area contributed by atoms with Gasteiger partial charge in [-0.15, -0.1) is 12.4 Å². The van der Waals surface area contributed by atoms with Gasteiger partial charge in [-0.2, -0.15) is 0 Å². The van der Waals surface area contributed by atoms with E-state index in [9.17, 15) is 9.59 Å². The third-order valence-electron chi connectivity index (χ3n) is 4.32. The molecular formula is C19H22ClN3O2. The summed E-state index contributed by atoms with van der Waals surface area (Å²) in [5, 5.41) is 2.84. The zero-order valence-electron chi connectivity index (χ0n) is 14.1. The predicted octanol–water partition coefficient (Wildman–Crippen LogP) is 2.77. The lowest BCUT2D eigenvalue weighted by molar-refractivity contribution is -0.116. The van der Waals surface area contributed by atoms with Crippen molar-refractivity contribution in [1.82, 2.24) is 4.90 Å². The van der Waals surface area contributed by atoms with Crippen molar-refractivity contribution in [3.63, 3.8) is 0 Å². The SMILES string of the molecule is CN1CCc2ccc(NC(=O)CC(N)c3ccccc3)cc2C1=O.Cl. The Hall–Kier alpha value is -2.37. The Morgan fingerprint density at radius 2 is 1.96 bits per heavy atom. The van der Waals surface area contributed by atoms with Crippen LogP contribution in [0.15, 0.2) is 48.5 Å². The van der Waals surface area contributed by atoms with E-state index in [1.165, 1.54) is 0 Å². The second kappa shape index (κ2) is 8.14. The molecule has 1 aliphatic heterocycles. The van der Waals surface area contributed by atoms with E-state index in [2.05, 4.69) is 5.32 Å². The molecule has 3 N–H and O–H groups in total. The monoisotopic (exact) mass is 359 g/mol. The van der Waals surface area contributed by atoms with Gasteiger partial charge in [0.25, 0.3) is 5.91 Å². The molecule has 1 aliphatic rings. The molecule has 25 heavy (non-hydrogen) atoms. The Kier molecular flexibility index (Phi) is 6.17. The summed E-state index contributed by atoms with van der Waals surface area (Å²) in [4.78, 5) is 26.1. The normalized spacial score (nSPS) is 14.3. The number of nitrogens with one attached hydrogen (secondary N) is 1. The molecule has 2 aromatic carbocycles. The lowest BCUT2D eigenvalue weighted by Gasteiger charge is -2.25. The second-order valence-electron chi connectivity index (χ2n) is 6.12. The smallest absolute Gasteiger partial charge is 0.253 e. The summed E-state index contributed by atoms with van der Waals surface area (Å²) < 4.78 is 0. The molecule has 132 valence electrons. The maximum atomic E-state index is 12.2. The van der Waals surface area contributed by atoms with Gasteiger partial charge in [0.1, 0.15) is 0 Å². The number of nitrogens with zero attached hydrogens (tertiary/aromatic N) is 1. The average Bonchev–Trinajstić information content (AvgIpc) is 2.59. The molecule has 2 aromatic rings. The van der Waals surface area contributed by atoms with Crippen molar-refractivity contribution in [2.45, 2.75) is 18.9 Å². The maximum absolute atomic E-state index is 12.2. The highest BCUT2D eigenvalue weighted by atomic mass is 35.5. The van der Waals surface area contributed by atoms with Gasteiger partial charge < -0.3 is 16.0 Å². The molecule has 0 aliphatic carbocycles. The lowest BCUT2D eigenvalue weighted by atomic mass is 9.98. The minimum absolute atomic E-state index is 0. The molecule has 1 unspecified atom stereocenters. The Balaban J connectivity index is 0.00000225. The first-order chi connectivity index (χ1) is 11.5. The Labute approximate surface area is 153 Å². The number of benzene rings is 2. The predicted molar refractivity (Wildman–Crippen MR) is 101 cm³/mol. The fraction of sp³-hybridized carbons (Fsp3) is 0.263. The first-order valence-corrected chi connectivity index (χ1v) is 8.03. The zero-order chi connectivity index (χ0) is 17.1. The molecule has 0 saturated heterocycles. The summed E-state index contributed by atoms with van der Waals surface area (Å²) in [5.41, 5.74) is 9.32. The van der Waals surface area contributed by atoms with Crippen LogP contribution in [-0.4, -0.2) is 30.3 Å². The van der Waals surface area contributed by atoms with Crippen molar-refractivity contribution >= 4 is 29.9 Å². The number of halogens is 1. The number of nitrogens with two attached hydrogens (primary N) is 1. The molecular weight excluding hydrogens is 338 g/mol. The highest BCUT2D eigenvalue weighted by Crippen LogP contribution is 2.22. The van der Waals surface area contributed by atoms with Gasteiger partial charge in [0.15, 0.2) is 0 Å². The number of hydrogen-bond donors (Lipinski definition) is 2. The fourth-order valence-corrected chi connectivity index (χ4v) is 2.90. The number of carbonyl (C=O) groups excluding carboxylic acids is 2. The minimum atomic E-state index is -0.350. The van der Waals surface area contributed by atoms with E-state index in [0.717, 1.165) is 24.1 Å². The number of carbonyl (C=O) groups is 2. The quantitative estimate of drug-likeness (QED) is 0.881. The van der Waals surface area contributed by atoms with Crippen LogP contribution in [0.2, 0.25) is 0 Å². The van der Waals surface area contributed by atoms with Crippen molar-refractivity contribution in [2.24, 2.45) is 5.73 Å². The number of fused-ring (bicyclic) bond motifs is 1. The largest absolute Gasteiger partial charge is 0.341 e. The molecule has 0 saturated carbocycles. The second-order valence-corrected chi connectivity index (χ2v) is 6.12. The average molecular weight is 360 g/mol. The molecule has 0 bridgehead atoms. The van der Waals surface area contributed by atoms with Gasteiger partial charge >= 0.3 is 0 Å². The third-order valence-corrected chi connectivity index (χ3v) is 4.32. The summed E-state index contributed by atoms with van der Waals surface area (Å²) >= 11 is 0. The standard InChI is InChI=1S/C19H21N3O2.ClH/c1-22-10-9-13-7-8-15(11-16(13)19(22)24)21-18(23)12-17(20)14-5-3-2-4-6-14;/h2-8,11,17H,9-10,12,20H2,1H3,(H,21,23);1H. The lowest BCUT2D eigenvalue weighted by Crippen LogP contribution is -2.34. The zero-order valence-corrected chi connectivity index (χ0v) is 14.9. The summed E-state index contributed by atoms with van der Waals surface area (Å²) in [5.74, 6) is -0.170. The van der Waals surface area contributed by atoms with Crippen LogP contribution in [0, 0.1) is 0 Å². The number of anilines is 1. The molecule has 6 heteroatoms. The van der Waals surface area contributed by atoms with Crippen LogP contribution in [0.3, 0.4) is 0 Å². The highest BCUT2D eigenvalue weighted by Gasteiger charge is 2.22. The van der Waals surface area contributed by atoms with Crippen molar-refractivity contribution in [2.75, 3.05) is 18.9 Å². The summed E-state index contributed by atoms with van der Waals surface area (Å²) in [7, 11) is 1.79. The maximum Gasteiger partial charge on any atom is 0.253 e. The molecule has 0 aromatic heterocycles. The van der Waals surface area contributed by atoms with Gasteiger partial charge in [-0.25, -0.2) is 0 Å². The van der Waals surface area contributed by atoms with E-state index >= 15 is 0 Å². The van der Waals surface area contributed by atoms with Crippen LogP contribution in [-0.2, 0) is 11.2 Å². The van der Waals surface area contributed by atoms with Gasteiger partial charge in [0.2, 0.25) is 5.91 Å². The first-order valence-electron chi connectivity index (χ1n) is 8.03. The van der Waals surface area contributed by atoms with Crippen molar-refractivity contribution in [3.8, 4) is 0 Å². The number of likely N-dealkylation sites (N-methyl/N-ethyl adjacent to an activating group) is 1. The molecule has 1 atom stereocenters. The van der Waals surface area contributed by atoms with E-state index in [1.54, 1.807) is 18.0 Å². The molecule has 5 nitrogen and oxygen atoms in total. The van der Waals surface area contributed by atoms with Gasteiger partial charge in [0.05, 0.1) is 0 Å². The number of hydrogen-bond acceptors (Lipinski definition) is 3. The Morgan fingerprint density at radius 3 is 2.68 bits per heavy atom. The molecule has 0 spiro atoms. The van der Waals surface area contributed by atoms with E-state index in [0.29, 0.717) is 11.3 Å². The van der Waals surface area contributed by atoms with Crippen LogP contribution < -0.4 is 11.1 Å². The van der Waals surface area contributed by atoms with Gasteiger partial charge in [-0.1, -0.05) is 36.4 Å². The van der Waals surface area contributed by atoms with Crippen LogP contribution in [0.1, 0.15) is 33.9 Å². The Bertz CT molecular complexity index is 765. The fourth-order valence-electron chi connectivity index (χ4n) is 2.90. The first kappa shape index (κ1) is 19.0. The molecule has 2 amide bonds. The van der Waals surface area contributed by atoms with Crippen LogP contribution in [0.25, 0.3) is 0 Å². The summed E-state index contributed by atoms with van der Waals surface area (Å²) in [6.45, 7) is 0.726. The van der Waals surface area contributed by atoms with E-state index < -0.39 is 0 Å².